The second-order valence-electron chi connectivity index (χ2n) is 5.74. The minimum Gasteiger partial charge on any atom is -0.378 e. The summed E-state index contributed by atoms with van der Waals surface area (Å²) in [5, 5.41) is 13.9. The SMILES string of the molecule is CN(C)c1ccc2nc(NC(=O)/C=C/c3ccc([N+](=O)[O-])cc3)sc2c1. The molecule has 0 unspecified atom stereocenters. The molecule has 0 bridgehead atoms. The monoisotopic (exact) mass is 368 g/mol. The summed E-state index contributed by atoms with van der Waals surface area (Å²) < 4.78 is 0.992. The van der Waals surface area contributed by atoms with Crippen LogP contribution in [-0.2, 0) is 4.79 Å². The normalized spacial score (nSPS) is 11.0. The van der Waals surface area contributed by atoms with Crippen molar-refractivity contribution in [2.45, 2.75) is 0 Å². The van der Waals surface area contributed by atoms with Crippen molar-refractivity contribution < 1.29 is 9.72 Å². The van der Waals surface area contributed by atoms with Crippen molar-refractivity contribution in [2.24, 2.45) is 0 Å². The Kier molecular flexibility index (Phi) is 4.94. The molecule has 1 amide bonds. The number of rotatable bonds is 5. The van der Waals surface area contributed by atoms with Gasteiger partial charge in [-0.05, 0) is 42.0 Å². The van der Waals surface area contributed by atoms with Crippen molar-refractivity contribution >= 4 is 50.0 Å². The number of nitrogens with zero attached hydrogens (tertiary/aromatic N) is 3. The molecule has 1 N–H and O–H groups in total. The van der Waals surface area contributed by atoms with Gasteiger partial charge in [-0.3, -0.25) is 20.2 Å². The molecule has 0 radical (unpaired) electrons. The fraction of sp³-hybridized carbons (Fsp3) is 0.111. The standard InChI is InChI=1S/C18H16N4O3S/c1-21(2)14-8-9-15-16(11-14)26-18(19-15)20-17(23)10-5-12-3-6-13(7-4-12)22(24)25/h3-11H,1-2H3,(H,19,20,23)/b10-5+. The molecular weight excluding hydrogens is 352 g/mol. The summed E-state index contributed by atoms with van der Waals surface area (Å²) >= 11 is 1.41. The minimum absolute atomic E-state index is 0.0122. The average Bonchev–Trinajstić information content (AvgIpc) is 3.01. The molecule has 132 valence electrons. The van der Waals surface area contributed by atoms with Crippen LogP contribution in [0, 0.1) is 10.1 Å². The van der Waals surface area contributed by atoms with Gasteiger partial charge in [-0.25, -0.2) is 4.98 Å². The maximum atomic E-state index is 12.1. The summed E-state index contributed by atoms with van der Waals surface area (Å²) in [4.78, 5) is 28.6. The van der Waals surface area contributed by atoms with Gasteiger partial charge >= 0.3 is 0 Å². The molecule has 3 aromatic rings. The quantitative estimate of drug-likeness (QED) is 0.419. The molecular formula is C18H16N4O3S. The Bertz CT molecular complexity index is 993. The van der Waals surface area contributed by atoms with Gasteiger partial charge in [0, 0.05) is 38.0 Å². The van der Waals surface area contributed by atoms with Crippen molar-refractivity contribution in [3.05, 3.63) is 64.2 Å². The third-order valence-electron chi connectivity index (χ3n) is 3.65. The van der Waals surface area contributed by atoms with E-state index >= 15 is 0 Å². The second kappa shape index (κ2) is 7.32. The van der Waals surface area contributed by atoms with Gasteiger partial charge in [0.1, 0.15) is 0 Å². The first-order valence-corrected chi connectivity index (χ1v) is 8.55. The Hall–Kier alpha value is -3.26. The van der Waals surface area contributed by atoms with Crippen LogP contribution in [-0.4, -0.2) is 29.9 Å². The Morgan fingerprint density at radius 1 is 1.23 bits per heavy atom. The van der Waals surface area contributed by atoms with E-state index in [0.717, 1.165) is 15.9 Å². The van der Waals surface area contributed by atoms with E-state index in [4.69, 9.17) is 0 Å². The number of thiazole rings is 1. The zero-order valence-corrected chi connectivity index (χ0v) is 15.0. The first kappa shape index (κ1) is 17.6. The molecule has 8 heteroatoms. The lowest BCUT2D eigenvalue weighted by Gasteiger charge is -2.11. The van der Waals surface area contributed by atoms with E-state index in [1.165, 1.54) is 29.5 Å². The van der Waals surface area contributed by atoms with Crippen molar-refractivity contribution in [3.63, 3.8) is 0 Å². The Balaban J connectivity index is 1.69. The number of carbonyl (C=O) groups excluding carboxylic acids is 1. The molecule has 1 aromatic heterocycles. The number of anilines is 2. The maximum Gasteiger partial charge on any atom is 0.269 e. The topological polar surface area (TPSA) is 88.4 Å². The van der Waals surface area contributed by atoms with Crippen molar-refractivity contribution in [3.8, 4) is 0 Å². The van der Waals surface area contributed by atoms with Crippen LogP contribution in [0.2, 0.25) is 0 Å². The molecule has 7 nitrogen and oxygen atoms in total. The van der Waals surface area contributed by atoms with Gasteiger partial charge in [-0.1, -0.05) is 11.3 Å². The molecule has 0 saturated carbocycles. The highest BCUT2D eigenvalue weighted by atomic mass is 32.1. The summed E-state index contributed by atoms with van der Waals surface area (Å²) in [6, 6.07) is 11.9. The highest BCUT2D eigenvalue weighted by Crippen LogP contribution is 2.29. The third-order valence-corrected chi connectivity index (χ3v) is 4.58. The number of hydrogen-bond acceptors (Lipinski definition) is 6. The van der Waals surface area contributed by atoms with E-state index in [2.05, 4.69) is 10.3 Å². The van der Waals surface area contributed by atoms with Crippen molar-refractivity contribution in [1.82, 2.24) is 4.98 Å². The smallest absolute Gasteiger partial charge is 0.269 e. The number of non-ortho nitro benzene ring substituents is 1. The molecule has 0 fully saturated rings. The van der Waals surface area contributed by atoms with E-state index in [9.17, 15) is 14.9 Å². The van der Waals surface area contributed by atoms with Crippen LogP contribution in [0.25, 0.3) is 16.3 Å². The van der Waals surface area contributed by atoms with Gasteiger partial charge in [0.15, 0.2) is 5.13 Å². The Morgan fingerprint density at radius 2 is 1.96 bits per heavy atom. The summed E-state index contributed by atoms with van der Waals surface area (Å²) in [5.74, 6) is -0.310. The Morgan fingerprint density at radius 3 is 2.62 bits per heavy atom. The predicted molar refractivity (Wildman–Crippen MR) is 105 cm³/mol. The van der Waals surface area contributed by atoms with Gasteiger partial charge in [0.25, 0.3) is 5.69 Å². The lowest BCUT2D eigenvalue weighted by atomic mass is 10.2. The van der Waals surface area contributed by atoms with Crippen LogP contribution < -0.4 is 10.2 Å². The number of amides is 1. The average molecular weight is 368 g/mol. The molecule has 0 saturated heterocycles. The molecule has 0 aliphatic carbocycles. The summed E-state index contributed by atoms with van der Waals surface area (Å²) in [6.07, 6.45) is 2.97. The lowest BCUT2D eigenvalue weighted by molar-refractivity contribution is -0.384. The number of aromatic nitrogens is 1. The molecule has 0 aliphatic rings. The molecule has 0 atom stereocenters. The van der Waals surface area contributed by atoms with Crippen LogP contribution in [0.5, 0.6) is 0 Å². The zero-order chi connectivity index (χ0) is 18.7. The number of nitro groups is 1. The van der Waals surface area contributed by atoms with Crippen LogP contribution in [0.1, 0.15) is 5.56 Å². The molecule has 26 heavy (non-hydrogen) atoms. The van der Waals surface area contributed by atoms with Crippen LogP contribution in [0.15, 0.2) is 48.5 Å². The van der Waals surface area contributed by atoms with Crippen LogP contribution in [0.4, 0.5) is 16.5 Å². The van der Waals surface area contributed by atoms with Gasteiger partial charge in [-0.2, -0.15) is 0 Å². The van der Waals surface area contributed by atoms with Crippen molar-refractivity contribution in [1.29, 1.82) is 0 Å². The molecule has 3 rings (SSSR count). The van der Waals surface area contributed by atoms with E-state index in [-0.39, 0.29) is 11.6 Å². The number of carbonyl (C=O) groups is 1. The van der Waals surface area contributed by atoms with Crippen LogP contribution in [0.3, 0.4) is 0 Å². The number of hydrogen-bond donors (Lipinski definition) is 1. The minimum atomic E-state index is -0.463. The van der Waals surface area contributed by atoms with Gasteiger partial charge in [0.2, 0.25) is 5.91 Å². The van der Waals surface area contributed by atoms with E-state index < -0.39 is 4.92 Å². The number of benzene rings is 2. The first-order chi connectivity index (χ1) is 12.4. The number of nitrogens with one attached hydrogen (secondary N) is 1. The number of nitro benzene ring substituents is 1. The highest BCUT2D eigenvalue weighted by molar-refractivity contribution is 7.22. The highest BCUT2D eigenvalue weighted by Gasteiger charge is 2.08. The van der Waals surface area contributed by atoms with E-state index in [1.807, 2.05) is 37.2 Å². The third kappa shape index (κ3) is 4.04. The summed E-state index contributed by atoms with van der Waals surface area (Å²) in [7, 11) is 3.93. The Labute approximate surface area is 153 Å². The molecule has 0 spiro atoms. The van der Waals surface area contributed by atoms with E-state index in [1.54, 1.807) is 18.2 Å². The maximum absolute atomic E-state index is 12.1. The molecule has 0 aliphatic heterocycles. The fourth-order valence-electron chi connectivity index (χ4n) is 2.27. The first-order valence-electron chi connectivity index (χ1n) is 7.74. The van der Waals surface area contributed by atoms with Gasteiger partial charge in [0.05, 0.1) is 15.1 Å². The van der Waals surface area contributed by atoms with Gasteiger partial charge in [-0.15, -0.1) is 0 Å². The lowest BCUT2D eigenvalue weighted by Crippen LogP contribution is -2.07. The van der Waals surface area contributed by atoms with E-state index in [0.29, 0.717) is 10.7 Å². The summed E-state index contributed by atoms with van der Waals surface area (Å²) in [5.41, 5.74) is 2.61. The predicted octanol–water partition coefficient (Wildman–Crippen LogP) is 3.92. The fourth-order valence-corrected chi connectivity index (χ4v) is 3.17. The zero-order valence-electron chi connectivity index (χ0n) is 14.2. The van der Waals surface area contributed by atoms with Crippen molar-refractivity contribution in [2.75, 3.05) is 24.3 Å². The molecule has 1 heterocycles. The largest absolute Gasteiger partial charge is 0.378 e. The second-order valence-corrected chi connectivity index (χ2v) is 6.77. The number of fused-ring (bicyclic) bond motifs is 1. The van der Waals surface area contributed by atoms with Gasteiger partial charge < -0.3 is 4.90 Å². The molecule has 2 aromatic carbocycles. The van der Waals surface area contributed by atoms with Crippen LogP contribution >= 0.6 is 11.3 Å². The summed E-state index contributed by atoms with van der Waals surface area (Å²) in [6.45, 7) is 0.